The maximum absolute atomic E-state index is 8.92. The summed E-state index contributed by atoms with van der Waals surface area (Å²) in [5, 5.41) is 8.92. The number of aliphatic hydroxyl groups is 1. The van der Waals surface area contributed by atoms with E-state index < -0.39 is 0 Å². The van der Waals surface area contributed by atoms with Crippen molar-refractivity contribution in [2.24, 2.45) is 5.92 Å². The van der Waals surface area contributed by atoms with Crippen LogP contribution in [0.1, 0.15) is 20.8 Å². The van der Waals surface area contributed by atoms with Crippen LogP contribution in [0.2, 0.25) is 0 Å². The molecule has 0 aromatic carbocycles. The van der Waals surface area contributed by atoms with Crippen molar-refractivity contribution in [1.29, 1.82) is 0 Å². The first-order valence-corrected chi connectivity index (χ1v) is 4.41. The van der Waals surface area contributed by atoms with Crippen molar-refractivity contribution in [3.8, 4) is 0 Å². The molecule has 1 heterocycles. The van der Waals surface area contributed by atoms with Crippen LogP contribution in [0.3, 0.4) is 0 Å². The summed E-state index contributed by atoms with van der Waals surface area (Å²) < 4.78 is 11.1. The molecule has 72 valence electrons. The third-order valence-corrected chi connectivity index (χ3v) is 2.12. The lowest BCUT2D eigenvalue weighted by Gasteiger charge is -2.38. The van der Waals surface area contributed by atoms with E-state index in [9.17, 15) is 0 Å². The van der Waals surface area contributed by atoms with Crippen molar-refractivity contribution in [3.63, 3.8) is 0 Å². The van der Waals surface area contributed by atoms with Gasteiger partial charge in [0.25, 0.3) is 0 Å². The van der Waals surface area contributed by atoms with Crippen LogP contribution >= 0.6 is 0 Å². The molecule has 0 aromatic rings. The van der Waals surface area contributed by atoms with E-state index in [1.54, 1.807) is 0 Å². The van der Waals surface area contributed by atoms with Crippen LogP contribution in [0.5, 0.6) is 0 Å². The summed E-state index contributed by atoms with van der Waals surface area (Å²) in [5.41, 5.74) is -0.202. The highest BCUT2D eigenvalue weighted by Gasteiger charge is 2.31. The number of hydrogen-bond acceptors (Lipinski definition) is 3. The van der Waals surface area contributed by atoms with E-state index in [2.05, 4.69) is 0 Å². The summed E-state index contributed by atoms with van der Waals surface area (Å²) in [6.45, 7) is 7.37. The van der Waals surface area contributed by atoms with Gasteiger partial charge in [0, 0.05) is 12.5 Å². The number of hydrogen-bond donors (Lipinski definition) is 1. The lowest BCUT2D eigenvalue weighted by atomic mass is 10.0. The molecular weight excluding hydrogens is 156 g/mol. The quantitative estimate of drug-likeness (QED) is 0.673. The van der Waals surface area contributed by atoms with Gasteiger partial charge < -0.3 is 14.6 Å². The Morgan fingerprint density at radius 1 is 1.58 bits per heavy atom. The second-order valence-electron chi connectivity index (χ2n) is 4.09. The highest BCUT2D eigenvalue weighted by Crippen LogP contribution is 2.22. The van der Waals surface area contributed by atoms with Crippen molar-refractivity contribution in [1.82, 2.24) is 0 Å². The molecule has 1 saturated heterocycles. The van der Waals surface area contributed by atoms with E-state index in [4.69, 9.17) is 14.6 Å². The predicted molar refractivity (Wildman–Crippen MR) is 46.0 cm³/mol. The van der Waals surface area contributed by atoms with E-state index in [0.717, 1.165) is 0 Å². The minimum absolute atomic E-state index is 0.0405. The van der Waals surface area contributed by atoms with Gasteiger partial charge in [0.1, 0.15) is 0 Å². The molecule has 2 atom stereocenters. The van der Waals surface area contributed by atoms with Crippen molar-refractivity contribution < 1.29 is 14.6 Å². The van der Waals surface area contributed by atoms with Crippen LogP contribution in [-0.4, -0.2) is 36.6 Å². The molecule has 0 saturated carbocycles. The van der Waals surface area contributed by atoms with Gasteiger partial charge in [-0.1, -0.05) is 6.92 Å². The Morgan fingerprint density at radius 3 is 2.75 bits per heavy atom. The Hall–Kier alpha value is -0.120. The maximum Gasteiger partial charge on any atom is 0.0864 e. The molecule has 1 aliphatic rings. The Morgan fingerprint density at radius 2 is 2.25 bits per heavy atom. The smallest absolute Gasteiger partial charge is 0.0864 e. The van der Waals surface area contributed by atoms with Gasteiger partial charge >= 0.3 is 0 Å². The zero-order valence-electron chi connectivity index (χ0n) is 8.04. The molecule has 2 unspecified atom stereocenters. The number of aliphatic hydroxyl groups excluding tert-OH is 1. The highest BCUT2D eigenvalue weighted by molar-refractivity contribution is 4.78. The highest BCUT2D eigenvalue weighted by atomic mass is 16.6. The predicted octanol–water partition coefficient (Wildman–Crippen LogP) is 0.809. The van der Waals surface area contributed by atoms with Crippen LogP contribution in [0, 0.1) is 5.92 Å². The first-order chi connectivity index (χ1) is 5.55. The fraction of sp³-hybridized carbons (Fsp3) is 1.00. The average Bonchev–Trinajstić information content (AvgIpc) is 2.01. The van der Waals surface area contributed by atoms with Gasteiger partial charge in [0.2, 0.25) is 0 Å². The molecule has 0 aromatic heterocycles. The molecule has 0 bridgehead atoms. The van der Waals surface area contributed by atoms with Gasteiger partial charge in [0.15, 0.2) is 0 Å². The molecule has 0 spiro atoms. The fourth-order valence-electron chi connectivity index (χ4n) is 1.30. The molecule has 0 amide bonds. The van der Waals surface area contributed by atoms with Crippen molar-refractivity contribution in [3.05, 3.63) is 0 Å². The third kappa shape index (κ3) is 2.44. The first kappa shape index (κ1) is 9.96. The van der Waals surface area contributed by atoms with Crippen LogP contribution in [0.15, 0.2) is 0 Å². The molecule has 3 nitrogen and oxygen atoms in total. The Kier molecular flexibility index (Phi) is 3.09. The van der Waals surface area contributed by atoms with E-state index >= 15 is 0 Å². The van der Waals surface area contributed by atoms with Crippen LogP contribution in [0.4, 0.5) is 0 Å². The van der Waals surface area contributed by atoms with Gasteiger partial charge in [-0.3, -0.25) is 0 Å². The molecule has 1 N–H and O–H groups in total. The Balaban J connectivity index is 2.46. The van der Waals surface area contributed by atoms with E-state index in [0.29, 0.717) is 13.2 Å². The summed E-state index contributed by atoms with van der Waals surface area (Å²) in [4.78, 5) is 0. The maximum atomic E-state index is 8.92. The first-order valence-electron chi connectivity index (χ1n) is 4.41. The molecule has 1 rings (SSSR count). The van der Waals surface area contributed by atoms with Gasteiger partial charge in [-0.05, 0) is 13.8 Å². The molecule has 0 radical (unpaired) electrons. The standard InChI is InChI=1S/C9H18O3/c1-7(4-10)8-5-11-6-9(2,3)12-8/h7-8,10H,4-6H2,1-3H3. The average molecular weight is 174 g/mol. The van der Waals surface area contributed by atoms with Crippen molar-refractivity contribution in [2.45, 2.75) is 32.5 Å². The van der Waals surface area contributed by atoms with E-state index in [1.165, 1.54) is 0 Å². The topological polar surface area (TPSA) is 38.7 Å². The molecule has 3 heteroatoms. The van der Waals surface area contributed by atoms with Gasteiger partial charge in [0.05, 0.1) is 24.9 Å². The SMILES string of the molecule is CC(CO)C1COCC(C)(C)O1. The summed E-state index contributed by atoms with van der Waals surface area (Å²) in [6, 6.07) is 0. The third-order valence-electron chi connectivity index (χ3n) is 2.12. The van der Waals surface area contributed by atoms with Gasteiger partial charge in [-0.25, -0.2) is 0 Å². The molecule has 12 heavy (non-hydrogen) atoms. The monoisotopic (exact) mass is 174 g/mol. The largest absolute Gasteiger partial charge is 0.396 e. The lowest BCUT2D eigenvalue weighted by Crippen LogP contribution is -2.46. The second kappa shape index (κ2) is 3.73. The summed E-state index contributed by atoms with van der Waals surface area (Å²) in [7, 11) is 0. The number of rotatable bonds is 2. The summed E-state index contributed by atoms with van der Waals surface area (Å²) in [6.07, 6.45) is 0.0405. The van der Waals surface area contributed by atoms with Crippen LogP contribution in [-0.2, 0) is 9.47 Å². The van der Waals surface area contributed by atoms with Crippen LogP contribution in [0.25, 0.3) is 0 Å². The fourth-order valence-corrected chi connectivity index (χ4v) is 1.30. The van der Waals surface area contributed by atoms with E-state index in [-0.39, 0.29) is 24.2 Å². The van der Waals surface area contributed by atoms with Crippen molar-refractivity contribution >= 4 is 0 Å². The lowest BCUT2D eigenvalue weighted by molar-refractivity contribution is -0.199. The van der Waals surface area contributed by atoms with E-state index in [1.807, 2.05) is 20.8 Å². The summed E-state index contributed by atoms with van der Waals surface area (Å²) >= 11 is 0. The van der Waals surface area contributed by atoms with Crippen LogP contribution < -0.4 is 0 Å². The molecule has 0 aliphatic carbocycles. The molecular formula is C9H18O3. The zero-order valence-corrected chi connectivity index (χ0v) is 8.04. The minimum Gasteiger partial charge on any atom is -0.396 e. The Bertz CT molecular complexity index is 145. The second-order valence-corrected chi connectivity index (χ2v) is 4.09. The molecule has 1 fully saturated rings. The normalized spacial score (nSPS) is 31.5. The molecule has 1 aliphatic heterocycles. The van der Waals surface area contributed by atoms with Gasteiger partial charge in [-0.15, -0.1) is 0 Å². The summed E-state index contributed by atoms with van der Waals surface area (Å²) in [5.74, 6) is 0.157. The number of ether oxygens (including phenoxy) is 2. The van der Waals surface area contributed by atoms with Gasteiger partial charge in [-0.2, -0.15) is 0 Å². The zero-order chi connectivity index (χ0) is 9.19. The van der Waals surface area contributed by atoms with Crippen molar-refractivity contribution in [2.75, 3.05) is 19.8 Å². The Labute approximate surface area is 73.7 Å². The minimum atomic E-state index is -0.202.